The van der Waals surface area contributed by atoms with Crippen molar-refractivity contribution in [2.75, 3.05) is 14.2 Å². The van der Waals surface area contributed by atoms with Crippen LogP contribution >= 0.6 is 0 Å². The molecule has 0 aromatic heterocycles. The molecular weight excluding hydrogens is 132 g/mol. The van der Waals surface area contributed by atoms with E-state index in [1.165, 1.54) is 0 Å². The molecule has 0 aliphatic heterocycles. The molecule has 0 unspecified atom stereocenters. The fourth-order valence-corrected chi connectivity index (χ4v) is 0.555. The smallest absolute Gasteiger partial charge is 0.143 e. The van der Waals surface area contributed by atoms with Crippen molar-refractivity contribution in [1.82, 2.24) is 0 Å². The summed E-state index contributed by atoms with van der Waals surface area (Å²) in [5.41, 5.74) is -0.278. The molecule has 0 heterocycles. The summed E-state index contributed by atoms with van der Waals surface area (Å²) in [6.45, 7) is 4.19. The van der Waals surface area contributed by atoms with Gasteiger partial charge < -0.3 is 9.47 Å². The Morgan fingerprint density at radius 1 is 1.22 bits per heavy atom. The van der Waals surface area contributed by atoms with Crippen LogP contribution in [0.15, 0.2) is 0 Å². The number of ether oxygens (including phenoxy) is 2. The topological polar surface area (TPSA) is 18.5 Å². The van der Waals surface area contributed by atoms with Gasteiger partial charge in [0, 0.05) is 20.1 Å². The molecule has 0 saturated carbocycles. The summed E-state index contributed by atoms with van der Waals surface area (Å²) in [5.74, 6) is 0.444. The summed E-state index contributed by atoms with van der Waals surface area (Å²) in [6.07, 6.45) is 0. The molecular formula is C6H16O2Si. The molecule has 0 fully saturated rings. The summed E-state index contributed by atoms with van der Waals surface area (Å²) in [5, 5.41) is 0. The van der Waals surface area contributed by atoms with Crippen molar-refractivity contribution in [2.45, 2.75) is 19.3 Å². The first-order chi connectivity index (χ1) is 4.06. The highest BCUT2D eigenvalue weighted by molar-refractivity contribution is 6.13. The van der Waals surface area contributed by atoms with E-state index in [0.29, 0.717) is 5.92 Å². The van der Waals surface area contributed by atoms with E-state index in [2.05, 4.69) is 13.8 Å². The maximum atomic E-state index is 5.19. The molecule has 0 atom stereocenters. The minimum Gasteiger partial charge on any atom is -0.358 e. The number of rotatable bonds is 3. The predicted octanol–water partition coefficient (Wildman–Crippen LogP) is -0.0456. The lowest BCUT2D eigenvalue weighted by Gasteiger charge is -2.30. The molecule has 0 saturated heterocycles. The average molecular weight is 148 g/mol. The second-order valence-corrected chi connectivity index (χ2v) is 3.97. The van der Waals surface area contributed by atoms with Crippen molar-refractivity contribution in [3.63, 3.8) is 0 Å². The van der Waals surface area contributed by atoms with Crippen molar-refractivity contribution in [1.29, 1.82) is 0 Å². The molecule has 0 aromatic carbocycles. The van der Waals surface area contributed by atoms with E-state index < -0.39 is 0 Å². The van der Waals surface area contributed by atoms with Crippen molar-refractivity contribution < 1.29 is 9.47 Å². The van der Waals surface area contributed by atoms with Crippen LogP contribution in [0.1, 0.15) is 13.8 Å². The fourth-order valence-electron chi connectivity index (χ4n) is 0.555. The van der Waals surface area contributed by atoms with Crippen LogP contribution in [0.5, 0.6) is 0 Å². The molecule has 0 radical (unpaired) electrons. The molecule has 0 spiro atoms. The van der Waals surface area contributed by atoms with E-state index in [9.17, 15) is 0 Å². The van der Waals surface area contributed by atoms with Crippen molar-refractivity contribution >= 4 is 10.2 Å². The summed E-state index contributed by atoms with van der Waals surface area (Å²) in [4.78, 5) is 0. The van der Waals surface area contributed by atoms with Gasteiger partial charge in [0.2, 0.25) is 0 Å². The van der Waals surface area contributed by atoms with Gasteiger partial charge >= 0.3 is 0 Å². The molecule has 56 valence electrons. The Morgan fingerprint density at radius 3 is 1.56 bits per heavy atom. The van der Waals surface area contributed by atoms with E-state index in [1.54, 1.807) is 14.2 Å². The SMILES string of the molecule is COC([SiH3])(OC)C(C)C. The van der Waals surface area contributed by atoms with Gasteiger partial charge in [-0.3, -0.25) is 0 Å². The van der Waals surface area contributed by atoms with Crippen LogP contribution in [0, 0.1) is 5.92 Å². The van der Waals surface area contributed by atoms with Crippen molar-refractivity contribution in [2.24, 2.45) is 5.92 Å². The van der Waals surface area contributed by atoms with Gasteiger partial charge in [0.25, 0.3) is 0 Å². The third-order valence-corrected chi connectivity index (χ3v) is 3.83. The van der Waals surface area contributed by atoms with Crippen LogP contribution in [-0.4, -0.2) is 29.9 Å². The van der Waals surface area contributed by atoms with Crippen LogP contribution in [-0.2, 0) is 9.47 Å². The molecule has 3 heteroatoms. The van der Waals surface area contributed by atoms with E-state index in [4.69, 9.17) is 9.47 Å². The molecule has 9 heavy (non-hydrogen) atoms. The van der Waals surface area contributed by atoms with Crippen LogP contribution in [0.2, 0.25) is 0 Å². The van der Waals surface area contributed by atoms with Crippen LogP contribution in [0.3, 0.4) is 0 Å². The summed E-state index contributed by atoms with van der Waals surface area (Å²) >= 11 is 0. The quantitative estimate of drug-likeness (QED) is 0.413. The van der Waals surface area contributed by atoms with Gasteiger partial charge in [-0.2, -0.15) is 0 Å². The number of methoxy groups -OCH3 is 2. The summed E-state index contributed by atoms with van der Waals surface area (Å²) in [6, 6.07) is 0. The van der Waals surface area contributed by atoms with E-state index in [0.717, 1.165) is 10.2 Å². The second kappa shape index (κ2) is 3.34. The standard InChI is InChI=1S/C6H16O2Si/c1-5(2)6(9,7-3)8-4/h5H,1-4,9H3. The highest BCUT2D eigenvalue weighted by Gasteiger charge is 2.26. The third kappa shape index (κ3) is 2.08. The maximum Gasteiger partial charge on any atom is 0.143 e. The van der Waals surface area contributed by atoms with Gasteiger partial charge in [-0.05, 0) is 0 Å². The maximum absolute atomic E-state index is 5.19. The molecule has 2 nitrogen and oxygen atoms in total. The lowest BCUT2D eigenvalue weighted by Crippen LogP contribution is -2.39. The van der Waals surface area contributed by atoms with Crippen molar-refractivity contribution in [3.8, 4) is 0 Å². The van der Waals surface area contributed by atoms with Gasteiger partial charge in [-0.25, -0.2) is 0 Å². The zero-order valence-corrected chi connectivity index (χ0v) is 8.89. The molecule has 0 aliphatic rings. The first-order valence-corrected chi connectivity index (χ1v) is 4.17. The number of hydrogen-bond donors (Lipinski definition) is 0. The lowest BCUT2D eigenvalue weighted by atomic mass is 10.2. The van der Waals surface area contributed by atoms with Gasteiger partial charge in [-0.1, -0.05) is 13.8 Å². The van der Waals surface area contributed by atoms with Crippen molar-refractivity contribution in [3.05, 3.63) is 0 Å². The van der Waals surface area contributed by atoms with Gasteiger partial charge in [0.05, 0.1) is 10.2 Å². The van der Waals surface area contributed by atoms with Crippen LogP contribution in [0.25, 0.3) is 0 Å². The van der Waals surface area contributed by atoms with E-state index in [1.807, 2.05) is 0 Å². The van der Waals surface area contributed by atoms with E-state index >= 15 is 0 Å². The zero-order chi connectivity index (χ0) is 7.49. The first-order valence-electron chi connectivity index (χ1n) is 3.17. The minimum atomic E-state index is -0.278. The molecule has 0 aliphatic carbocycles. The Labute approximate surface area is 60.0 Å². The zero-order valence-electron chi connectivity index (χ0n) is 6.89. The Bertz CT molecular complexity index is 79.1. The molecule has 0 amide bonds. The van der Waals surface area contributed by atoms with Crippen LogP contribution in [0.4, 0.5) is 0 Å². The normalized spacial score (nSPS) is 13.0. The Hall–Kier alpha value is 0.137. The fraction of sp³-hybridized carbons (Fsp3) is 1.00. The Morgan fingerprint density at radius 2 is 1.56 bits per heavy atom. The minimum absolute atomic E-state index is 0.278. The molecule has 0 N–H and O–H groups in total. The first kappa shape index (κ1) is 9.14. The number of hydrogen-bond acceptors (Lipinski definition) is 2. The summed E-state index contributed by atoms with van der Waals surface area (Å²) < 4.78 is 10.4. The van der Waals surface area contributed by atoms with Gasteiger partial charge in [0.1, 0.15) is 5.41 Å². The Kier molecular flexibility index (Phi) is 3.39. The second-order valence-electron chi connectivity index (χ2n) is 2.58. The third-order valence-electron chi connectivity index (χ3n) is 1.86. The largest absolute Gasteiger partial charge is 0.358 e. The highest BCUT2D eigenvalue weighted by Crippen LogP contribution is 2.16. The molecule has 0 aromatic rings. The van der Waals surface area contributed by atoms with E-state index in [-0.39, 0.29) is 5.41 Å². The van der Waals surface area contributed by atoms with Gasteiger partial charge in [0.15, 0.2) is 0 Å². The van der Waals surface area contributed by atoms with Crippen LogP contribution < -0.4 is 0 Å². The van der Waals surface area contributed by atoms with Gasteiger partial charge in [-0.15, -0.1) is 0 Å². The average Bonchev–Trinajstić information content (AvgIpc) is 1.86. The highest BCUT2D eigenvalue weighted by atomic mass is 28.1. The molecule has 0 rings (SSSR count). The Balaban J connectivity index is 3.92. The molecule has 0 bridgehead atoms. The predicted molar refractivity (Wildman–Crippen MR) is 41.5 cm³/mol. The summed E-state index contributed by atoms with van der Waals surface area (Å²) in [7, 11) is 4.29. The monoisotopic (exact) mass is 148 g/mol. The lowest BCUT2D eigenvalue weighted by molar-refractivity contribution is -0.168.